The molecule has 5 nitrogen and oxygen atoms in total. The average Bonchev–Trinajstić information content (AvgIpc) is 3.26. The third-order valence-corrected chi connectivity index (χ3v) is 4.82. The van der Waals surface area contributed by atoms with Crippen molar-refractivity contribution in [2.45, 2.75) is 31.7 Å². The molecule has 0 aromatic heterocycles. The van der Waals surface area contributed by atoms with Crippen LogP contribution < -0.4 is 10.0 Å². The lowest BCUT2D eigenvalue weighted by atomic mass is 10.1. The molecule has 2 N–H and O–H groups in total. The molecule has 1 saturated carbocycles. The van der Waals surface area contributed by atoms with E-state index in [1.807, 2.05) is 18.2 Å². The minimum Gasteiger partial charge on any atom is -0.384 e. The Bertz CT molecular complexity index is 542. The minimum atomic E-state index is -3.29. The van der Waals surface area contributed by atoms with Crippen LogP contribution in [0, 0.1) is 0 Å². The van der Waals surface area contributed by atoms with Gasteiger partial charge < -0.3 is 10.1 Å². The Balaban J connectivity index is 1.85. The second-order valence-electron chi connectivity index (χ2n) is 5.40. The van der Waals surface area contributed by atoms with Crippen LogP contribution in [0.3, 0.4) is 0 Å². The van der Waals surface area contributed by atoms with E-state index < -0.39 is 10.0 Å². The van der Waals surface area contributed by atoms with Gasteiger partial charge in [-0.2, -0.15) is 0 Å². The van der Waals surface area contributed by atoms with Gasteiger partial charge in [0.15, 0.2) is 0 Å². The van der Waals surface area contributed by atoms with Crippen LogP contribution in [0.5, 0.6) is 0 Å². The lowest BCUT2D eigenvalue weighted by Gasteiger charge is -2.12. The van der Waals surface area contributed by atoms with Crippen molar-refractivity contribution < 1.29 is 13.2 Å². The normalized spacial score (nSPS) is 15.1. The van der Waals surface area contributed by atoms with Gasteiger partial charge in [0, 0.05) is 13.2 Å². The van der Waals surface area contributed by atoms with Gasteiger partial charge in [-0.05, 0) is 43.9 Å². The number of nitrogens with one attached hydrogen (secondary N) is 2. The number of anilines is 1. The summed E-state index contributed by atoms with van der Waals surface area (Å²) in [5.41, 5.74) is 1.61. The molecular weight excluding hydrogens is 288 g/mol. The summed E-state index contributed by atoms with van der Waals surface area (Å²) in [5, 5.41) is 3.32. The fourth-order valence-electron chi connectivity index (χ4n) is 2.12. The third kappa shape index (κ3) is 6.03. The minimum absolute atomic E-state index is 0.144. The van der Waals surface area contributed by atoms with Gasteiger partial charge in [0.2, 0.25) is 10.0 Å². The first-order valence-corrected chi connectivity index (χ1v) is 9.06. The molecule has 1 aliphatic carbocycles. The zero-order valence-corrected chi connectivity index (χ0v) is 13.3. The Kier molecular flexibility index (Phi) is 6.02. The van der Waals surface area contributed by atoms with Crippen LogP contribution in [0.15, 0.2) is 24.3 Å². The molecule has 6 heteroatoms. The van der Waals surface area contributed by atoms with Crippen molar-refractivity contribution >= 4 is 15.7 Å². The van der Waals surface area contributed by atoms with Crippen LogP contribution in [0.25, 0.3) is 0 Å². The highest BCUT2D eigenvalue weighted by Gasteiger charge is 2.20. The van der Waals surface area contributed by atoms with E-state index in [1.54, 1.807) is 13.2 Å². The quantitative estimate of drug-likeness (QED) is 0.646. The van der Waals surface area contributed by atoms with Crippen molar-refractivity contribution in [1.29, 1.82) is 0 Å². The third-order valence-electron chi connectivity index (χ3n) is 3.46. The number of methoxy groups -OCH3 is 1. The summed E-state index contributed by atoms with van der Waals surface area (Å²) in [6.45, 7) is 1.33. The number of ether oxygens (including phenoxy) is 1. The second-order valence-corrected chi connectivity index (χ2v) is 7.24. The van der Waals surface area contributed by atoms with Gasteiger partial charge >= 0.3 is 0 Å². The standard InChI is InChI=1S/C15H24N2O3S/c1-20-11-9-13-5-2-3-6-15(13)17-21(18,19)12-4-10-16-14-7-8-14/h2-3,5-6,14,16-17H,4,7-12H2,1H3. The molecular formula is C15H24N2O3S. The summed E-state index contributed by atoms with van der Waals surface area (Å²) in [4.78, 5) is 0. The first-order valence-electron chi connectivity index (χ1n) is 7.41. The number of hydrogen-bond acceptors (Lipinski definition) is 4. The molecule has 21 heavy (non-hydrogen) atoms. The molecule has 2 rings (SSSR count). The lowest BCUT2D eigenvalue weighted by Crippen LogP contribution is -2.23. The largest absolute Gasteiger partial charge is 0.384 e. The van der Waals surface area contributed by atoms with E-state index in [9.17, 15) is 8.42 Å². The van der Waals surface area contributed by atoms with Crippen LogP contribution in [0.2, 0.25) is 0 Å². The molecule has 118 valence electrons. The van der Waals surface area contributed by atoms with E-state index in [4.69, 9.17) is 4.74 Å². The summed E-state index contributed by atoms with van der Waals surface area (Å²) < 4.78 is 32.0. The molecule has 1 aromatic rings. The highest BCUT2D eigenvalue weighted by Crippen LogP contribution is 2.19. The fraction of sp³-hybridized carbons (Fsp3) is 0.600. The highest BCUT2D eigenvalue weighted by atomic mass is 32.2. The molecule has 0 amide bonds. The van der Waals surface area contributed by atoms with Gasteiger partial charge in [-0.1, -0.05) is 18.2 Å². The maximum atomic E-state index is 12.1. The molecule has 0 aliphatic heterocycles. The molecule has 1 aromatic carbocycles. The summed E-state index contributed by atoms with van der Waals surface area (Å²) >= 11 is 0. The molecule has 1 fully saturated rings. The zero-order chi connectivity index (χ0) is 15.1. The van der Waals surface area contributed by atoms with Gasteiger partial charge in [0.05, 0.1) is 18.0 Å². The monoisotopic (exact) mass is 312 g/mol. The van der Waals surface area contributed by atoms with Gasteiger partial charge in [-0.3, -0.25) is 4.72 Å². The van der Waals surface area contributed by atoms with E-state index in [1.165, 1.54) is 12.8 Å². The van der Waals surface area contributed by atoms with Crippen LogP contribution in [-0.4, -0.2) is 40.5 Å². The predicted octanol–water partition coefficient (Wildman–Crippen LogP) is 1.76. The number of sulfonamides is 1. The molecule has 0 radical (unpaired) electrons. The molecule has 0 unspecified atom stereocenters. The Morgan fingerprint density at radius 1 is 1.29 bits per heavy atom. The van der Waals surface area contributed by atoms with Crippen molar-refractivity contribution in [2.24, 2.45) is 0 Å². The van der Waals surface area contributed by atoms with Gasteiger partial charge in [0.25, 0.3) is 0 Å². The lowest BCUT2D eigenvalue weighted by molar-refractivity contribution is 0.202. The SMILES string of the molecule is COCCc1ccccc1NS(=O)(=O)CCCNC1CC1. The molecule has 0 heterocycles. The Labute approximate surface area is 127 Å². The summed E-state index contributed by atoms with van der Waals surface area (Å²) in [7, 11) is -1.65. The maximum absolute atomic E-state index is 12.1. The van der Waals surface area contributed by atoms with Crippen LogP contribution >= 0.6 is 0 Å². The Morgan fingerprint density at radius 2 is 2.05 bits per heavy atom. The molecule has 0 saturated heterocycles. The highest BCUT2D eigenvalue weighted by molar-refractivity contribution is 7.92. The number of hydrogen-bond donors (Lipinski definition) is 2. The van der Waals surface area contributed by atoms with Crippen molar-refractivity contribution in [3.05, 3.63) is 29.8 Å². The number of benzene rings is 1. The van der Waals surface area contributed by atoms with Crippen LogP contribution in [-0.2, 0) is 21.2 Å². The van der Waals surface area contributed by atoms with Crippen molar-refractivity contribution in [1.82, 2.24) is 5.32 Å². The maximum Gasteiger partial charge on any atom is 0.232 e. The molecule has 0 spiro atoms. The second kappa shape index (κ2) is 7.77. The van der Waals surface area contributed by atoms with Crippen LogP contribution in [0.4, 0.5) is 5.69 Å². The van der Waals surface area contributed by atoms with Crippen molar-refractivity contribution in [3.63, 3.8) is 0 Å². The predicted molar refractivity (Wildman–Crippen MR) is 85.1 cm³/mol. The van der Waals surface area contributed by atoms with E-state index in [-0.39, 0.29) is 5.75 Å². The fourth-order valence-corrected chi connectivity index (χ4v) is 3.28. The molecule has 0 bridgehead atoms. The summed E-state index contributed by atoms with van der Waals surface area (Å²) in [6, 6.07) is 8.08. The van der Waals surface area contributed by atoms with E-state index in [0.29, 0.717) is 31.2 Å². The number of rotatable bonds is 10. The first kappa shape index (κ1) is 16.3. The number of para-hydroxylation sites is 1. The van der Waals surface area contributed by atoms with Crippen molar-refractivity contribution in [2.75, 3.05) is 30.7 Å². The first-order chi connectivity index (χ1) is 10.1. The van der Waals surface area contributed by atoms with Gasteiger partial charge in [-0.25, -0.2) is 8.42 Å². The van der Waals surface area contributed by atoms with Crippen molar-refractivity contribution in [3.8, 4) is 0 Å². The van der Waals surface area contributed by atoms with Gasteiger partial charge in [-0.15, -0.1) is 0 Å². The van der Waals surface area contributed by atoms with Crippen LogP contribution in [0.1, 0.15) is 24.8 Å². The molecule has 0 atom stereocenters. The molecule has 1 aliphatic rings. The topological polar surface area (TPSA) is 67.4 Å². The summed E-state index contributed by atoms with van der Waals surface area (Å²) in [5.74, 6) is 0.144. The van der Waals surface area contributed by atoms with E-state index >= 15 is 0 Å². The Hall–Kier alpha value is -1.11. The summed E-state index contributed by atoms with van der Waals surface area (Å²) in [6.07, 6.45) is 3.76. The van der Waals surface area contributed by atoms with E-state index in [0.717, 1.165) is 12.1 Å². The van der Waals surface area contributed by atoms with Gasteiger partial charge in [0.1, 0.15) is 0 Å². The average molecular weight is 312 g/mol. The smallest absolute Gasteiger partial charge is 0.232 e. The Morgan fingerprint density at radius 3 is 2.76 bits per heavy atom. The van der Waals surface area contributed by atoms with E-state index in [2.05, 4.69) is 10.0 Å². The zero-order valence-electron chi connectivity index (χ0n) is 12.5.